The molecule has 0 fully saturated rings. The summed E-state index contributed by atoms with van der Waals surface area (Å²) in [5, 5.41) is 0. The molecule has 0 saturated carbocycles. The number of H-pyrrole nitrogens is 1. The predicted octanol–water partition coefficient (Wildman–Crippen LogP) is 2.77. The smallest absolute Gasteiger partial charge is 0.303 e. The van der Waals surface area contributed by atoms with Crippen molar-refractivity contribution in [2.75, 3.05) is 0 Å². The molecule has 0 spiro atoms. The number of pyridine rings is 1. The number of nitrogens with one attached hydrogen (secondary N) is 1. The molecule has 1 aliphatic rings. The predicted molar refractivity (Wildman–Crippen MR) is 105 cm³/mol. The minimum atomic E-state index is -0.141. The highest BCUT2D eigenvalue weighted by atomic mass is 16.1. The summed E-state index contributed by atoms with van der Waals surface area (Å²) in [6.45, 7) is 0. The highest BCUT2D eigenvalue weighted by Gasteiger charge is 2.26. The van der Waals surface area contributed by atoms with E-state index >= 15 is 0 Å². The molecule has 1 aromatic carbocycles. The van der Waals surface area contributed by atoms with Crippen molar-refractivity contribution < 1.29 is 0 Å². The van der Waals surface area contributed by atoms with E-state index in [0.717, 1.165) is 24.2 Å². The van der Waals surface area contributed by atoms with E-state index in [9.17, 15) is 4.79 Å². The maximum Gasteiger partial charge on any atom is 0.327 e. The number of hydrogen-bond acceptors (Lipinski definition) is 4. The number of aromatic nitrogens is 6. The number of fused-ring (bicyclic) bond motifs is 3. The van der Waals surface area contributed by atoms with E-state index in [1.54, 1.807) is 17.0 Å². The maximum absolute atomic E-state index is 12.7. The van der Waals surface area contributed by atoms with Crippen LogP contribution in [0.15, 0.2) is 65.8 Å². The van der Waals surface area contributed by atoms with Crippen LogP contribution in [0.2, 0.25) is 0 Å². The van der Waals surface area contributed by atoms with Crippen LogP contribution in [-0.2, 0) is 12.8 Å². The van der Waals surface area contributed by atoms with E-state index in [-0.39, 0.29) is 11.7 Å². The Balaban J connectivity index is 1.51. The molecule has 7 nitrogen and oxygen atoms in total. The van der Waals surface area contributed by atoms with Gasteiger partial charge in [0.05, 0.1) is 12.4 Å². The second-order valence-electron chi connectivity index (χ2n) is 7.13. The van der Waals surface area contributed by atoms with Crippen molar-refractivity contribution in [2.24, 2.45) is 0 Å². The van der Waals surface area contributed by atoms with Gasteiger partial charge in [-0.1, -0.05) is 30.3 Å². The topological polar surface area (TPSA) is 80.9 Å². The first-order valence-corrected chi connectivity index (χ1v) is 9.24. The molecule has 1 aliphatic carbocycles. The molecule has 0 saturated heterocycles. The molecule has 5 aromatic rings. The summed E-state index contributed by atoms with van der Waals surface area (Å²) in [5.74, 6) is 0.550. The zero-order valence-corrected chi connectivity index (χ0v) is 14.9. The quantitative estimate of drug-likeness (QED) is 0.519. The Hall–Kier alpha value is -3.74. The van der Waals surface area contributed by atoms with Crippen molar-refractivity contribution in [3.8, 4) is 11.5 Å². The van der Waals surface area contributed by atoms with Crippen LogP contribution >= 0.6 is 0 Å². The van der Waals surface area contributed by atoms with Crippen LogP contribution in [0, 0.1) is 0 Å². The van der Waals surface area contributed by atoms with E-state index in [2.05, 4.69) is 27.1 Å². The Kier molecular flexibility index (Phi) is 3.08. The molecule has 0 radical (unpaired) electrons. The lowest BCUT2D eigenvalue weighted by molar-refractivity contribution is 0.525. The first-order valence-electron chi connectivity index (χ1n) is 9.24. The number of benzene rings is 1. The minimum Gasteiger partial charge on any atom is -0.303 e. The van der Waals surface area contributed by atoms with Gasteiger partial charge < -0.3 is 4.98 Å². The fraction of sp³-hybridized carbons (Fsp3) is 0.143. The molecule has 7 heteroatoms. The Morgan fingerprint density at radius 2 is 1.75 bits per heavy atom. The van der Waals surface area contributed by atoms with Gasteiger partial charge >= 0.3 is 5.69 Å². The molecule has 4 heterocycles. The summed E-state index contributed by atoms with van der Waals surface area (Å²) >= 11 is 0. The van der Waals surface area contributed by atoms with Crippen LogP contribution in [0.25, 0.3) is 28.3 Å². The molecule has 0 amide bonds. The first kappa shape index (κ1) is 15.3. The highest BCUT2D eigenvalue weighted by Crippen LogP contribution is 2.31. The Labute approximate surface area is 159 Å². The molecule has 6 rings (SSSR count). The molecule has 4 aromatic heterocycles. The molecule has 28 heavy (non-hydrogen) atoms. The summed E-state index contributed by atoms with van der Waals surface area (Å²) in [7, 11) is 0. The van der Waals surface area contributed by atoms with Crippen molar-refractivity contribution in [3.05, 3.63) is 82.7 Å². The molecule has 0 unspecified atom stereocenters. The Morgan fingerprint density at radius 1 is 0.964 bits per heavy atom. The number of aromatic amines is 1. The van der Waals surface area contributed by atoms with Crippen molar-refractivity contribution in [3.63, 3.8) is 0 Å². The largest absolute Gasteiger partial charge is 0.327 e. The van der Waals surface area contributed by atoms with Crippen molar-refractivity contribution >= 4 is 16.8 Å². The monoisotopic (exact) mass is 368 g/mol. The molecular weight excluding hydrogens is 352 g/mol. The van der Waals surface area contributed by atoms with E-state index in [4.69, 9.17) is 4.98 Å². The van der Waals surface area contributed by atoms with E-state index in [1.807, 2.05) is 40.9 Å². The van der Waals surface area contributed by atoms with Gasteiger partial charge in [-0.15, -0.1) is 0 Å². The van der Waals surface area contributed by atoms with Gasteiger partial charge in [-0.2, -0.15) is 0 Å². The van der Waals surface area contributed by atoms with Gasteiger partial charge in [0.15, 0.2) is 11.5 Å². The van der Waals surface area contributed by atoms with Gasteiger partial charge in [-0.05, 0) is 36.1 Å². The zero-order chi connectivity index (χ0) is 18.7. The van der Waals surface area contributed by atoms with Gasteiger partial charge in [0.1, 0.15) is 16.9 Å². The third kappa shape index (κ3) is 2.16. The molecule has 1 N–H and O–H groups in total. The van der Waals surface area contributed by atoms with E-state index in [0.29, 0.717) is 17.0 Å². The van der Waals surface area contributed by atoms with Crippen LogP contribution in [0.5, 0.6) is 0 Å². The van der Waals surface area contributed by atoms with Crippen LogP contribution in [0.3, 0.4) is 0 Å². The Bertz CT molecular complexity index is 1380. The molecule has 0 aliphatic heterocycles. The maximum atomic E-state index is 12.7. The summed E-state index contributed by atoms with van der Waals surface area (Å²) in [5.41, 5.74) is 5.37. The average Bonchev–Trinajstić information content (AvgIpc) is 3.40. The van der Waals surface area contributed by atoms with Crippen LogP contribution < -0.4 is 5.69 Å². The van der Waals surface area contributed by atoms with Gasteiger partial charge in [-0.3, -0.25) is 8.97 Å². The SMILES string of the molecule is O=c1[nH]c2cnc(-c3cnc4ccccn34)nc2n1C1Cc2ccccc2C1. The third-order valence-electron chi connectivity index (χ3n) is 5.50. The van der Waals surface area contributed by atoms with Gasteiger partial charge in [0.25, 0.3) is 0 Å². The average molecular weight is 368 g/mol. The van der Waals surface area contributed by atoms with Crippen molar-refractivity contribution in [1.29, 1.82) is 0 Å². The number of rotatable bonds is 2. The first-order chi connectivity index (χ1) is 13.8. The normalized spacial score (nSPS) is 14.1. The van der Waals surface area contributed by atoms with Gasteiger partial charge in [-0.25, -0.2) is 19.7 Å². The summed E-state index contributed by atoms with van der Waals surface area (Å²) in [6, 6.07) is 14.2. The highest BCUT2D eigenvalue weighted by molar-refractivity contribution is 5.73. The standard InChI is InChI=1S/C21H16N6O/c28-21-24-16-11-23-19(17-12-22-18-7-3-4-8-26(17)18)25-20(16)27(21)15-9-13-5-1-2-6-14(13)10-15/h1-8,11-12,15H,9-10H2,(H,24,28). The minimum absolute atomic E-state index is 0.0589. The number of hydrogen-bond donors (Lipinski definition) is 1. The fourth-order valence-corrected chi connectivity index (χ4v) is 4.19. The summed E-state index contributed by atoms with van der Waals surface area (Å²) in [4.78, 5) is 29.2. The second kappa shape index (κ2) is 5.63. The lowest BCUT2D eigenvalue weighted by atomic mass is 10.1. The molecule has 136 valence electrons. The Morgan fingerprint density at radius 3 is 2.57 bits per heavy atom. The van der Waals surface area contributed by atoms with Crippen LogP contribution in [0.1, 0.15) is 17.2 Å². The van der Waals surface area contributed by atoms with Crippen LogP contribution in [-0.4, -0.2) is 28.9 Å². The zero-order valence-electron chi connectivity index (χ0n) is 14.9. The van der Waals surface area contributed by atoms with Gasteiger partial charge in [0, 0.05) is 12.2 Å². The lowest BCUT2D eigenvalue weighted by Crippen LogP contribution is -2.23. The van der Waals surface area contributed by atoms with Crippen molar-refractivity contribution in [2.45, 2.75) is 18.9 Å². The summed E-state index contributed by atoms with van der Waals surface area (Å²) in [6.07, 6.45) is 7.04. The number of nitrogens with zero attached hydrogens (tertiary/aromatic N) is 5. The third-order valence-corrected chi connectivity index (χ3v) is 5.50. The fourth-order valence-electron chi connectivity index (χ4n) is 4.19. The van der Waals surface area contributed by atoms with E-state index < -0.39 is 0 Å². The lowest BCUT2D eigenvalue weighted by Gasteiger charge is -2.11. The van der Waals surface area contributed by atoms with Crippen LogP contribution in [0.4, 0.5) is 0 Å². The molecule has 0 atom stereocenters. The second-order valence-corrected chi connectivity index (χ2v) is 7.13. The van der Waals surface area contributed by atoms with Crippen molar-refractivity contribution in [1.82, 2.24) is 28.9 Å². The number of imidazole rings is 2. The molecular formula is C21H16N6O. The van der Waals surface area contributed by atoms with E-state index in [1.165, 1.54) is 11.1 Å². The summed E-state index contributed by atoms with van der Waals surface area (Å²) < 4.78 is 3.73. The molecule has 0 bridgehead atoms. The van der Waals surface area contributed by atoms with Gasteiger partial charge in [0.2, 0.25) is 0 Å².